The third kappa shape index (κ3) is 4.10. The lowest BCUT2D eigenvalue weighted by Crippen LogP contribution is -2.26. The third-order valence-corrected chi connectivity index (χ3v) is 6.47. The van der Waals surface area contributed by atoms with Gasteiger partial charge in [0.2, 0.25) is 0 Å². The van der Waals surface area contributed by atoms with Crippen LogP contribution in [0.5, 0.6) is 0 Å². The molecule has 0 spiro atoms. The molecule has 0 fully saturated rings. The Morgan fingerprint density at radius 3 is 2.59 bits per heavy atom. The largest absolute Gasteiger partial charge is 0.360 e. The van der Waals surface area contributed by atoms with Crippen LogP contribution < -0.4 is 10.9 Å². The SMILES string of the molecule is Cc1cncc(-c2cccc3cc([C@H](C)Nc4ncnc5cccnc45)n(-c4ccccc4)c(=O)c23)c1. The second kappa shape index (κ2) is 9.28. The smallest absolute Gasteiger partial charge is 0.263 e. The van der Waals surface area contributed by atoms with Crippen LogP contribution in [0.15, 0.2) is 103 Å². The van der Waals surface area contributed by atoms with Crippen LogP contribution in [-0.4, -0.2) is 24.5 Å². The van der Waals surface area contributed by atoms with Crippen molar-refractivity contribution in [1.29, 1.82) is 0 Å². The van der Waals surface area contributed by atoms with Crippen molar-refractivity contribution >= 4 is 27.6 Å². The van der Waals surface area contributed by atoms with E-state index in [1.54, 1.807) is 17.0 Å². The number of nitrogens with one attached hydrogen (secondary N) is 1. The zero-order chi connectivity index (χ0) is 25.4. The Labute approximate surface area is 213 Å². The number of hydrogen-bond donors (Lipinski definition) is 1. The van der Waals surface area contributed by atoms with E-state index in [9.17, 15) is 4.79 Å². The number of hydrogen-bond acceptors (Lipinski definition) is 6. The minimum Gasteiger partial charge on any atom is -0.360 e. The lowest BCUT2D eigenvalue weighted by atomic mass is 9.98. The van der Waals surface area contributed by atoms with Gasteiger partial charge < -0.3 is 5.32 Å². The highest BCUT2D eigenvalue weighted by Crippen LogP contribution is 2.30. The molecule has 1 N–H and O–H groups in total. The predicted molar refractivity (Wildman–Crippen MR) is 147 cm³/mol. The third-order valence-electron chi connectivity index (χ3n) is 6.47. The molecule has 6 aromatic rings. The first-order valence-electron chi connectivity index (χ1n) is 12.1. The minimum atomic E-state index is -0.262. The lowest BCUT2D eigenvalue weighted by molar-refractivity contribution is 0.774. The van der Waals surface area contributed by atoms with Crippen LogP contribution in [0.25, 0.3) is 38.6 Å². The predicted octanol–water partition coefficient (Wildman–Crippen LogP) is 5.87. The highest BCUT2D eigenvalue weighted by molar-refractivity contribution is 5.96. The summed E-state index contributed by atoms with van der Waals surface area (Å²) in [6, 6.07) is 23.3. The molecule has 7 heteroatoms. The van der Waals surface area contributed by atoms with Crippen LogP contribution in [-0.2, 0) is 0 Å². The van der Waals surface area contributed by atoms with Gasteiger partial charge >= 0.3 is 0 Å². The summed E-state index contributed by atoms with van der Waals surface area (Å²) in [5.41, 5.74) is 5.77. The molecule has 4 aromatic heterocycles. The van der Waals surface area contributed by atoms with Crippen LogP contribution in [0.2, 0.25) is 0 Å². The molecule has 0 amide bonds. The summed E-state index contributed by atoms with van der Waals surface area (Å²) < 4.78 is 1.78. The number of aryl methyl sites for hydroxylation is 1. The molecule has 0 saturated heterocycles. The van der Waals surface area contributed by atoms with E-state index in [0.29, 0.717) is 16.7 Å². The van der Waals surface area contributed by atoms with Gasteiger partial charge in [0.25, 0.3) is 5.56 Å². The number of pyridine rings is 3. The number of fused-ring (bicyclic) bond motifs is 2. The lowest BCUT2D eigenvalue weighted by Gasteiger charge is -2.22. The summed E-state index contributed by atoms with van der Waals surface area (Å²) >= 11 is 0. The Balaban J connectivity index is 1.57. The quantitative estimate of drug-likeness (QED) is 0.329. The van der Waals surface area contributed by atoms with E-state index in [0.717, 1.165) is 39.0 Å². The molecule has 0 bridgehead atoms. The maximum atomic E-state index is 14.3. The van der Waals surface area contributed by atoms with Crippen molar-refractivity contribution in [2.75, 3.05) is 5.32 Å². The number of anilines is 1. The van der Waals surface area contributed by atoms with E-state index >= 15 is 0 Å². The van der Waals surface area contributed by atoms with Gasteiger partial charge in [-0.1, -0.05) is 36.4 Å². The fourth-order valence-corrected chi connectivity index (χ4v) is 4.76. The summed E-state index contributed by atoms with van der Waals surface area (Å²) in [5, 5.41) is 5.00. The van der Waals surface area contributed by atoms with E-state index in [-0.39, 0.29) is 11.6 Å². The average molecular weight is 485 g/mol. The summed E-state index contributed by atoms with van der Waals surface area (Å²) in [6.07, 6.45) is 6.86. The van der Waals surface area contributed by atoms with Gasteiger partial charge in [0.1, 0.15) is 11.8 Å². The number of para-hydroxylation sites is 1. The molecular weight excluding hydrogens is 460 g/mol. The number of nitrogens with zero attached hydrogens (tertiary/aromatic N) is 5. The number of rotatable bonds is 5. The second-order valence-electron chi connectivity index (χ2n) is 9.03. The van der Waals surface area contributed by atoms with Gasteiger partial charge in [-0.25, -0.2) is 9.97 Å². The van der Waals surface area contributed by atoms with E-state index in [1.807, 2.05) is 80.7 Å². The molecule has 6 rings (SSSR count). The Hall–Kier alpha value is -4.91. The van der Waals surface area contributed by atoms with E-state index in [2.05, 4.69) is 37.4 Å². The molecule has 180 valence electrons. The average Bonchev–Trinajstić information content (AvgIpc) is 2.93. The topological polar surface area (TPSA) is 85.6 Å². The molecule has 1 atom stereocenters. The van der Waals surface area contributed by atoms with Gasteiger partial charge in [-0.2, -0.15) is 0 Å². The molecule has 0 aliphatic heterocycles. The van der Waals surface area contributed by atoms with Crippen molar-refractivity contribution in [2.45, 2.75) is 19.9 Å². The summed E-state index contributed by atoms with van der Waals surface area (Å²) in [4.78, 5) is 31.9. The first-order chi connectivity index (χ1) is 18.1. The molecule has 2 aromatic carbocycles. The van der Waals surface area contributed by atoms with Gasteiger partial charge in [-0.05, 0) is 66.8 Å². The summed E-state index contributed by atoms with van der Waals surface area (Å²) in [5.74, 6) is 0.616. The molecule has 0 radical (unpaired) electrons. The zero-order valence-electron chi connectivity index (χ0n) is 20.5. The fraction of sp³-hybridized carbons (Fsp3) is 0.100. The summed E-state index contributed by atoms with van der Waals surface area (Å²) in [7, 11) is 0. The van der Waals surface area contributed by atoms with Crippen LogP contribution >= 0.6 is 0 Å². The highest BCUT2D eigenvalue weighted by Gasteiger charge is 2.20. The molecule has 4 heterocycles. The molecule has 0 unspecified atom stereocenters. The first-order valence-corrected chi connectivity index (χ1v) is 12.1. The Morgan fingerprint density at radius 2 is 1.76 bits per heavy atom. The monoisotopic (exact) mass is 484 g/mol. The zero-order valence-corrected chi connectivity index (χ0v) is 20.5. The Morgan fingerprint density at radius 1 is 0.892 bits per heavy atom. The first kappa shape index (κ1) is 22.5. The molecule has 7 nitrogen and oxygen atoms in total. The molecular formula is C30H24N6O. The maximum Gasteiger partial charge on any atom is 0.263 e. The van der Waals surface area contributed by atoms with Crippen molar-refractivity contribution in [3.05, 3.63) is 119 Å². The van der Waals surface area contributed by atoms with Crippen molar-refractivity contribution in [1.82, 2.24) is 24.5 Å². The standard InChI is InChI=1S/C30H24N6O/c1-19-14-22(17-31-16-19)24-11-6-8-21-15-26(36(30(37)27(21)24)23-9-4-3-5-10-23)20(2)35-29-28-25(33-18-34-29)12-7-13-32-28/h3-18,20H,1-2H3,(H,33,34,35)/t20-/m0/s1. The van der Waals surface area contributed by atoms with Crippen LogP contribution in [0.4, 0.5) is 5.82 Å². The van der Waals surface area contributed by atoms with Crippen molar-refractivity contribution in [3.8, 4) is 16.8 Å². The van der Waals surface area contributed by atoms with E-state index in [4.69, 9.17) is 0 Å². The van der Waals surface area contributed by atoms with Crippen LogP contribution in [0, 0.1) is 6.92 Å². The molecule has 0 saturated carbocycles. The Kier molecular flexibility index (Phi) is 5.65. The van der Waals surface area contributed by atoms with Crippen LogP contribution in [0.1, 0.15) is 24.2 Å². The van der Waals surface area contributed by atoms with Gasteiger partial charge in [0.15, 0.2) is 5.82 Å². The van der Waals surface area contributed by atoms with Crippen LogP contribution in [0.3, 0.4) is 0 Å². The van der Waals surface area contributed by atoms with Gasteiger partial charge in [-0.15, -0.1) is 0 Å². The normalized spacial score (nSPS) is 12.1. The minimum absolute atomic E-state index is 0.0878. The van der Waals surface area contributed by atoms with Crippen molar-refractivity contribution in [3.63, 3.8) is 0 Å². The maximum absolute atomic E-state index is 14.3. The molecule has 37 heavy (non-hydrogen) atoms. The summed E-state index contributed by atoms with van der Waals surface area (Å²) in [6.45, 7) is 4.02. The second-order valence-corrected chi connectivity index (χ2v) is 9.03. The highest BCUT2D eigenvalue weighted by atomic mass is 16.1. The molecule has 0 aliphatic rings. The molecule has 0 aliphatic carbocycles. The van der Waals surface area contributed by atoms with Gasteiger partial charge in [0, 0.05) is 35.5 Å². The van der Waals surface area contributed by atoms with Gasteiger partial charge in [0.05, 0.1) is 16.9 Å². The van der Waals surface area contributed by atoms with Crippen molar-refractivity contribution in [2.24, 2.45) is 0 Å². The van der Waals surface area contributed by atoms with E-state index in [1.165, 1.54) is 6.33 Å². The van der Waals surface area contributed by atoms with E-state index < -0.39 is 0 Å². The van der Waals surface area contributed by atoms with Gasteiger partial charge in [-0.3, -0.25) is 19.3 Å². The number of aromatic nitrogens is 5. The Bertz CT molecular complexity index is 1810. The fourth-order valence-electron chi connectivity index (χ4n) is 4.76. The van der Waals surface area contributed by atoms with Crippen molar-refractivity contribution < 1.29 is 0 Å². The number of benzene rings is 2.